The minimum atomic E-state index is -0.270. The number of carbonyl (C=O) groups excluding carboxylic acids is 2. The first kappa shape index (κ1) is 20.7. The van der Waals surface area contributed by atoms with Gasteiger partial charge in [0, 0.05) is 69.4 Å². The molecule has 0 amide bonds. The molecule has 33 heavy (non-hydrogen) atoms. The molecule has 0 bridgehead atoms. The Morgan fingerprint density at radius 1 is 0.848 bits per heavy atom. The third-order valence-electron chi connectivity index (χ3n) is 7.19. The maximum atomic E-state index is 13.2. The van der Waals surface area contributed by atoms with Crippen LogP contribution in [0.3, 0.4) is 0 Å². The maximum absolute atomic E-state index is 13.2. The van der Waals surface area contributed by atoms with Crippen LogP contribution >= 0.6 is 15.9 Å². The molecule has 2 heterocycles. The van der Waals surface area contributed by atoms with Crippen LogP contribution in [-0.4, -0.2) is 16.1 Å². The SMILES string of the molecule is O=C1CCCC2=C1C(c1cn(Cc3ccc(Br)cc3)c3ccccc13)C1=C(CCCC1=O)N2. The largest absolute Gasteiger partial charge is 0.362 e. The van der Waals surface area contributed by atoms with Crippen molar-refractivity contribution in [3.8, 4) is 0 Å². The number of hydrogen-bond donors (Lipinski definition) is 1. The van der Waals surface area contributed by atoms with Crippen molar-refractivity contribution in [2.45, 2.75) is 51.0 Å². The molecule has 0 fully saturated rings. The van der Waals surface area contributed by atoms with E-state index in [2.05, 4.69) is 74.5 Å². The van der Waals surface area contributed by atoms with E-state index in [1.807, 2.05) is 6.07 Å². The number of allylic oxidation sites excluding steroid dienone is 4. The molecular formula is C28H25BrN2O2. The monoisotopic (exact) mass is 500 g/mol. The molecule has 1 aromatic heterocycles. The highest BCUT2D eigenvalue weighted by molar-refractivity contribution is 9.10. The third-order valence-corrected chi connectivity index (χ3v) is 7.72. The zero-order chi connectivity index (χ0) is 22.5. The predicted octanol–water partition coefficient (Wildman–Crippen LogP) is 6.15. The Labute approximate surface area is 201 Å². The molecule has 6 rings (SSSR count). The Bertz CT molecular complexity index is 1320. The van der Waals surface area contributed by atoms with Gasteiger partial charge in [0.1, 0.15) is 0 Å². The summed E-state index contributed by atoms with van der Waals surface area (Å²) in [6.07, 6.45) is 6.80. The standard InChI is InChI=1S/C28H25BrN2O2/c29-18-13-11-17(12-14-18)15-31-16-20(19-5-1-2-8-23(19)31)26-27-21(6-3-9-24(27)32)30-22-7-4-10-25(33)28(22)26/h1-2,5,8,11-14,16,26,30H,3-4,6-7,9-10,15H2. The van der Waals surface area contributed by atoms with E-state index in [1.54, 1.807) is 0 Å². The summed E-state index contributed by atoms with van der Waals surface area (Å²) in [5.41, 5.74) is 7.13. The van der Waals surface area contributed by atoms with Gasteiger partial charge in [-0.2, -0.15) is 0 Å². The summed E-state index contributed by atoms with van der Waals surface area (Å²) in [5, 5.41) is 4.65. The molecule has 1 N–H and O–H groups in total. The first-order valence-electron chi connectivity index (χ1n) is 11.7. The first-order valence-corrected chi connectivity index (χ1v) is 12.5. The number of benzene rings is 2. The van der Waals surface area contributed by atoms with Gasteiger partial charge in [0.25, 0.3) is 0 Å². The van der Waals surface area contributed by atoms with Gasteiger partial charge >= 0.3 is 0 Å². The maximum Gasteiger partial charge on any atom is 0.161 e. The van der Waals surface area contributed by atoms with Crippen molar-refractivity contribution >= 4 is 38.4 Å². The van der Waals surface area contributed by atoms with E-state index in [1.165, 1.54) is 5.56 Å². The topological polar surface area (TPSA) is 51.1 Å². The number of ketones is 2. The number of nitrogens with zero attached hydrogens (tertiary/aromatic N) is 1. The molecule has 0 saturated carbocycles. The van der Waals surface area contributed by atoms with E-state index in [0.717, 1.165) is 75.7 Å². The summed E-state index contributed by atoms with van der Waals surface area (Å²) < 4.78 is 3.32. The first-order chi connectivity index (χ1) is 16.1. The lowest BCUT2D eigenvalue weighted by atomic mass is 9.71. The minimum absolute atomic E-state index is 0.184. The lowest BCUT2D eigenvalue weighted by Gasteiger charge is -2.37. The molecule has 0 radical (unpaired) electrons. The number of para-hydroxylation sites is 1. The van der Waals surface area contributed by atoms with Crippen molar-refractivity contribution in [3.05, 3.63) is 92.9 Å². The van der Waals surface area contributed by atoms with E-state index < -0.39 is 0 Å². The second-order valence-electron chi connectivity index (χ2n) is 9.25. The fourth-order valence-corrected chi connectivity index (χ4v) is 5.98. The summed E-state index contributed by atoms with van der Waals surface area (Å²) in [7, 11) is 0. The Hall–Kier alpha value is -2.92. The van der Waals surface area contributed by atoms with Crippen molar-refractivity contribution in [1.82, 2.24) is 9.88 Å². The molecule has 0 atom stereocenters. The molecule has 0 saturated heterocycles. The summed E-state index contributed by atoms with van der Waals surface area (Å²) >= 11 is 3.52. The molecule has 166 valence electrons. The van der Waals surface area contributed by atoms with Crippen molar-refractivity contribution in [2.75, 3.05) is 0 Å². The number of aromatic nitrogens is 1. The lowest BCUT2D eigenvalue weighted by Crippen LogP contribution is -2.36. The minimum Gasteiger partial charge on any atom is -0.362 e. The quantitative estimate of drug-likeness (QED) is 0.468. The number of fused-ring (bicyclic) bond motifs is 1. The van der Waals surface area contributed by atoms with Gasteiger partial charge in [-0.3, -0.25) is 9.59 Å². The van der Waals surface area contributed by atoms with Crippen LogP contribution in [-0.2, 0) is 16.1 Å². The Morgan fingerprint density at radius 3 is 2.15 bits per heavy atom. The number of Topliss-reactive ketones (excluding diaryl/α,β-unsaturated/α-hetero) is 2. The molecule has 0 spiro atoms. The van der Waals surface area contributed by atoms with Crippen LogP contribution < -0.4 is 5.32 Å². The molecule has 4 nitrogen and oxygen atoms in total. The molecule has 2 aliphatic carbocycles. The normalized spacial score (nSPS) is 19.1. The number of carbonyl (C=O) groups is 2. The van der Waals surface area contributed by atoms with Crippen LogP contribution in [0.1, 0.15) is 55.6 Å². The van der Waals surface area contributed by atoms with Crippen molar-refractivity contribution in [3.63, 3.8) is 0 Å². The van der Waals surface area contributed by atoms with Crippen molar-refractivity contribution < 1.29 is 9.59 Å². The molecule has 2 aromatic carbocycles. The predicted molar refractivity (Wildman–Crippen MR) is 133 cm³/mol. The van der Waals surface area contributed by atoms with Crippen LogP contribution in [0.4, 0.5) is 0 Å². The van der Waals surface area contributed by atoms with Crippen molar-refractivity contribution in [2.24, 2.45) is 0 Å². The van der Waals surface area contributed by atoms with E-state index >= 15 is 0 Å². The second-order valence-corrected chi connectivity index (χ2v) is 10.2. The molecule has 3 aliphatic rings. The van der Waals surface area contributed by atoms with Crippen molar-refractivity contribution in [1.29, 1.82) is 0 Å². The fraction of sp³-hybridized carbons (Fsp3) is 0.286. The van der Waals surface area contributed by atoms with Gasteiger partial charge < -0.3 is 9.88 Å². The zero-order valence-corrected chi connectivity index (χ0v) is 20.0. The Morgan fingerprint density at radius 2 is 1.48 bits per heavy atom. The Balaban J connectivity index is 1.55. The highest BCUT2D eigenvalue weighted by Gasteiger charge is 2.41. The van der Waals surface area contributed by atoms with E-state index in [4.69, 9.17) is 0 Å². The highest BCUT2D eigenvalue weighted by atomic mass is 79.9. The molecule has 3 aromatic rings. The van der Waals surface area contributed by atoms with Gasteiger partial charge in [-0.15, -0.1) is 0 Å². The molecule has 1 aliphatic heterocycles. The van der Waals surface area contributed by atoms with Gasteiger partial charge in [0.2, 0.25) is 0 Å². The zero-order valence-electron chi connectivity index (χ0n) is 18.4. The van der Waals surface area contributed by atoms with Crippen LogP contribution in [0.25, 0.3) is 10.9 Å². The van der Waals surface area contributed by atoms with Gasteiger partial charge in [-0.25, -0.2) is 0 Å². The lowest BCUT2D eigenvalue weighted by molar-refractivity contribution is -0.116. The van der Waals surface area contributed by atoms with E-state index in [9.17, 15) is 9.59 Å². The molecule has 0 unspecified atom stereocenters. The number of rotatable bonds is 3. The number of nitrogens with one attached hydrogen (secondary N) is 1. The van der Waals surface area contributed by atoms with Gasteiger partial charge in [0.15, 0.2) is 11.6 Å². The number of dihydropyridines is 1. The second kappa shape index (κ2) is 8.14. The smallest absolute Gasteiger partial charge is 0.161 e. The average molecular weight is 501 g/mol. The average Bonchev–Trinajstić information content (AvgIpc) is 3.18. The van der Waals surface area contributed by atoms with Gasteiger partial charge in [-0.1, -0.05) is 46.3 Å². The van der Waals surface area contributed by atoms with Crippen LogP contribution in [0.15, 0.2) is 81.7 Å². The van der Waals surface area contributed by atoms with Crippen LogP contribution in [0.2, 0.25) is 0 Å². The van der Waals surface area contributed by atoms with E-state index in [0.29, 0.717) is 12.8 Å². The fourth-order valence-electron chi connectivity index (χ4n) is 5.72. The molecule has 5 heteroatoms. The number of halogens is 1. The summed E-state index contributed by atoms with van der Waals surface area (Å²) in [6.45, 7) is 0.735. The third kappa shape index (κ3) is 3.50. The van der Waals surface area contributed by atoms with Crippen LogP contribution in [0.5, 0.6) is 0 Å². The van der Waals surface area contributed by atoms with Crippen LogP contribution in [0, 0.1) is 0 Å². The van der Waals surface area contributed by atoms with E-state index in [-0.39, 0.29) is 17.5 Å². The summed E-state index contributed by atoms with van der Waals surface area (Å²) in [4.78, 5) is 26.4. The highest BCUT2D eigenvalue weighted by Crippen LogP contribution is 2.47. The summed E-state index contributed by atoms with van der Waals surface area (Å²) in [5.74, 6) is 0.0970. The number of hydrogen-bond acceptors (Lipinski definition) is 3. The Kier molecular flexibility index (Phi) is 5.10. The molecular weight excluding hydrogens is 476 g/mol. The van der Waals surface area contributed by atoms with Gasteiger partial charge in [-0.05, 0) is 55.0 Å². The van der Waals surface area contributed by atoms with Gasteiger partial charge in [0.05, 0.1) is 0 Å². The summed E-state index contributed by atoms with van der Waals surface area (Å²) in [6, 6.07) is 16.7.